The first-order valence-corrected chi connectivity index (χ1v) is 14.9. The molecule has 0 atom stereocenters. The predicted molar refractivity (Wildman–Crippen MR) is 183 cm³/mol. The Bertz CT molecular complexity index is 2340. The lowest BCUT2D eigenvalue weighted by atomic mass is 9.94. The van der Waals surface area contributed by atoms with Crippen molar-refractivity contribution in [2.45, 2.75) is 0 Å². The molecule has 9 rings (SSSR count). The molecule has 0 N–H and O–H groups in total. The Labute approximate surface area is 250 Å². The van der Waals surface area contributed by atoms with Crippen LogP contribution in [0.1, 0.15) is 0 Å². The molecule has 0 radical (unpaired) electrons. The molecular formula is C42H27N. The van der Waals surface area contributed by atoms with Gasteiger partial charge in [-0.15, -0.1) is 0 Å². The summed E-state index contributed by atoms with van der Waals surface area (Å²) < 4.78 is 2.44. The van der Waals surface area contributed by atoms with Crippen LogP contribution < -0.4 is 0 Å². The van der Waals surface area contributed by atoms with Gasteiger partial charge in [-0.1, -0.05) is 127 Å². The summed E-state index contributed by atoms with van der Waals surface area (Å²) in [6, 6.07) is 59.6. The first-order valence-electron chi connectivity index (χ1n) is 14.9. The number of hydrogen-bond acceptors (Lipinski definition) is 0. The van der Waals surface area contributed by atoms with E-state index in [0.29, 0.717) is 0 Å². The van der Waals surface area contributed by atoms with Gasteiger partial charge in [-0.05, 0) is 80.9 Å². The summed E-state index contributed by atoms with van der Waals surface area (Å²) in [6.45, 7) is 0. The van der Waals surface area contributed by atoms with Gasteiger partial charge in [0.25, 0.3) is 0 Å². The van der Waals surface area contributed by atoms with Crippen molar-refractivity contribution in [3.63, 3.8) is 0 Å². The van der Waals surface area contributed by atoms with Gasteiger partial charge in [-0.25, -0.2) is 0 Å². The smallest absolute Gasteiger partial charge is 0.0620 e. The molecule has 0 unspecified atom stereocenters. The molecule has 0 aliphatic rings. The second-order valence-electron chi connectivity index (χ2n) is 11.4. The van der Waals surface area contributed by atoms with Crippen molar-refractivity contribution in [3.8, 4) is 44.5 Å². The predicted octanol–water partition coefficient (Wildman–Crippen LogP) is 11.5. The SMILES string of the molecule is c1ccc(-c2ccc(-c3cccc(-c4cccc(-c5cc6c7ccccc7n7c8ccccc8c(c5)c67)c4)c3)cc2)cc1. The van der Waals surface area contributed by atoms with Crippen molar-refractivity contribution < 1.29 is 0 Å². The number of para-hydroxylation sites is 2. The highest BCUT2D eigenvalue weighted by Gasteiger charge is 2.18. The molecule has 2 aromatic heterocycles. The average molecular weight is 546 g/mol. The van der Waals surface area contributed by atoms with Gasteiger partial charge < -0.3 is 4.40 Å². The van der Waals surface area contributed by atoms with E-state index >= 15 is 0 Å². The molecule has 0 saturated heterocycles. The monoisotopic (exact) mass is 545 g/mol. The normalized spacial score (nSPS) is 11.7. The maximum atomic E-state index is 2.44. The van der Waals surface area contributed by atoms with E-state index in [0.717, 1.165) is 0 Å². The van der Waals surface area contributed by atoms with Crippen molar-refractivity contribution in [1.29, 1.82) is 0 Å². The van der Waals surface area contributed by atoms with Crippen LogP contribution in [-0.2, 0) is 0 Å². The lowest BCUT2D eigenvalue weighted by Crippen LogP contribution is -1.84. The Hall–Kier alpha value is -5.66. The Kier molecular flexibility index (Phi) is 5.27. The zero-order valence-corrected chi connectivity index (χ0v) is 23.5. The summed E-state index contributed by atoms with van der Waals surface area (Å²) in [7, 11) is 0. The lowest BCUT2D eigenvalue weighted by Gasteiger charge is -2.10. The molecule has 0 aliphatic carbocycles. The number of rotatable bonds is 4. The molecular weight excluding hydrogens is 518 g/mol. The Morgan fingerprint density at radius 1 is 0.256 bits per heavy atom. The van der Waals surface area contributed by atoms with Crippen molar-refractivity contribution in [1.82, 2.24) is 4.40 Å². The van der Waals surface area contributed by atoms with E-state index < -0.39 is 0 Å². The van der Waals surface area contributed by atoms with Crippen molar-refractivity contribution in [2.75, 3.05) is 0 Å². The highest BCUT2D eigenvalue weighted by Crippen LogP contribution is 2.42. The third kappa shape index (κ3) is 3.79. The molecule has 0 saturated carbocycles. The molecule has 7 aromatic carbocycles. The van der Waals surface area contributed by atoms with Crippen LogP contribution in [-0.4, -0.2) is 4.40 Å². The molecule has 200 valence electrons. The molecule has 2 heterocycles. The molecule has 9 aromatic rings. The third-order valence-electron chi connectivity index (χ3n) is 8.92. The van der Waals surface area contributed by atoms with Gasteiger partial charge in [0.15, 0.2) is 0 Å². The lowest BCUT2D eigenvalue weighted by molar-refractivity contribution is 1.37. The summed E-state index contributed by atoms with van der Waals surface area (Å²) in [5, 5.41) is 5.23. The third-order valence-corrected chi connectivity index (χ3v) is 8.92. The van der Waals surface area contributed by atoms with Gasteiger partial charge >= 0.3 is 0 Å². The summed E-state index contributed by atoms with van der Waals surface area (Å²) >= 11 is 0. The van der Waals surface area contributed by atoms with Crippen molar-refractivity contribution >= 4 is 38.1 Å². The molecule has 0 bridgehead atoms. The zero-order chi connectivity index (χ0) is 28.3. The standard InChI is InChI=1S/C42H27N/c1-2-10-28(11-3-1)29-20-22-30(23-21-29)31-12-8-13-32(24-31)33-14-9-15-34(25-33)35-26-38-36-16-4-6-18-40(36)43-41-19-7-5-17-37(41)39(27-35)42(38)43/h1-27H. The van der Waals surface area contributed by atoms with Crippen LogP contribution in [0.15, 0.2) is 164 Å². The van der Waals surface area contributed by atoms with E-state index in [-0.39, 0.29) is 0 Å². The molecule has 0 fully saturated rings. The molecule has 0 aliphatic heterocycles. The van der Waals surface area contributed by atoms with Gasteiger partial charge in [0.2, 0.25) is 0 Å². The Balaban J connectivity index is 1.14. The first kappa shape index (κ1) is 24.0. The van der Waals surface area contributed by atoms with Crippen molar-refractivity contribution in [3.05, 3.63) is 164 Å². The first-order chi connectivity index (χ1) is 21.3. The molecule has 0 spiro atoms. The number of aromatic nitrogens is 1. The largest absolute Gasteiger partial charge is 0.308 e. The number of fused-ring (bicyclic) bond motifs is 6. The highest BCUT2D eigenvalue weighted by molar-refractivity contribution is 6.24. The van der Waals surface area contributed by atoms with Crippen molar-refractivity contribution in [2.24, 2.45) is 0 Å². The van der Waals surface area contributed by atoms with Gasteiger partial charge in [0.05, 0.1) is 16.6 Å². The molecule has 43 heavy (non-hydrogen) atoms. The van der Waals surface area contributed by atoms with E-state index in [1.54, 1.807) is 0 Å². The summed E-state index contributed by atoms with van der Waals surface area (Å²) in [6.07, 6.45) is 0. The van der Waals surface area contributed by atoms with E-state index in [2.05, 4.69) is 168 Å². The number of benzene rings is 7. The second-order valence-corrected chi connectivity index (χ2v) is 11.4. The van der Waals surface area contributed by atoms with Crippen LogP contribution in [0.3, 0.4) is 0 Å². The summed E-state index contributed by atoms with van der Waals surface area (Å²) in [5.74, 6) is 0. The molecule has 0 amide bonds. The van der Waals surface area contributed by atoms with E-state index in [1.807, 2.05) is 0 Å². The van der Waals surface area contributed by atoms with Gasteiger partial charge in [0, 0.05) is 21.5 Å². The van der Waals surface area contributed by atoms with Crippen LogP contribution in [0.5, 0.6) is 0 Å². The fraction of sp³-hybridized carbons (Fsp3) is 0. The topological polar surface area (TPSA) is 4.41 Å². The summed E-state index contributed by atoms with van der Waals surface area (Å²) in [4.78, 5) is 0. The van der Waals surface area contributed by atoms with Crippen LogP contribution in [0.25, 0.3) is 82.6 Å². The minimum Gasteiger partial charge on any atom is -0.308 e. The maximum Gasteiger partial charge on any atom is 0.0620 e. The van der Waals surface area contributed by atoms with E-state index in [9.17, 15) is 0 Å². The van der Waals surface area contributed by atoms with Crippen LogP contribution in [0.4, 0.5) is 0 Å². The van der Waals surface area contributed by atoms with Crippen LogP contribution in [0, 0.1) is 0 Å². The fourth-order valence-corrected chi connectivity index (χ4v) is 6.86. The summed E-state index contributed by atoms with van der Waals surface area (Å²) in [5.41, 5.74) is 13.7. The maximum absolute atomic E-state index is 2.44. The number of hydrogen-bond donors (Lipinski definition) is 0. The Morgan fingerprint density at radius 3 is 1.21 bits per heavy atom. The van der Waals surface area contributed by atoms with E-state index in [1.165, 1.54) is 82.6 Å². The minimum absolute atomic E-state index is 1.22. The highest BCUT2D eigenvalue weighted by atomic mass is 14.9. The quantitative estimate of drug-likeness (QED) is 0.207. The molecule has 1 heteroatoms. The average Bonchev–Trinajstić information content (AvgIpc) is 3.61. The number of nitrogens with zero attached hydrogens (tertiary/aromatic N) is 1. The van der Waals surface area contributed by atoms with Crippen LogP contribution >= 0.6 is 0 Å². The van der Waals surface area contributed by atoms with E-state index in [4.69, 9.17) is 0 Å². The fourth-order valence-electron chi connectivity index (χ4n) is 6.86. The Morgan fingerprint density at radius 2 is 0.651 bits per heavy atom. The van der Waals surface area contributed by atoms with Gasteiger partial charge in [-0.3, -0.25) is 0 Å². The van der Waals surface area contributed by atoms with Gasteiger partial charge in [0.1, 0.15) is 0 Å². The second kappa shape index (κ2) is 9.44. The van der Waals surface area contributed by atoms with Gasteiger partial charge in [-0.2, -0.15) is 0 Å². The minimum atomic E-state index is 1.22. The zero-order valence-electron chi connectivity index (χ0n) is 23.5. The molecule has 1 nitrogen and oxygen atoms in total. The van der Waals surface area contributed by atoms with Crippen LogP contribution in [0.2, 0.25) is 0 Å².